The van der Waals surface area contributed by atoms with Gasteiger partial charge < -0.3 is 15.5 Å². The minimum Gasteiger partial charge on any atom is -0.397 e. The van der Waals surface area contributed by atoms with Crippen molar-refractivity contribution in [3.63, 3.8) is 0 Å². The SMILES string of the molecule is Nc1ccc(N2CCCN(C(=O)C3CCCCC3)CC2)nc1. The summed E-state index contributed by atoms with van der Waals surface area (Å²) in [7, 11) is 0. The monoisotopic (exact) mass is 302 g/mol. The Labute approximate surface area is 132 Å². The first-order chi connectivity index (χ1) is 10.7. The number of anilines is 2. The van der Waals surface area contributed by atoms with Crippen LogP contribution in [0, 0.1) is 5.92 Å². The van der Waals surface area contributed by atoms with E-state index < -0.39 is 0 Å². The molecule has 0 unspecified atom stereocenters. The molecular weight excluding hydrogens is 276 g/mol. The highest BCUT2D eigenvalue weighted by Gasteiger charge is 2.27. The van der Waals surface area contributed by atoms with Crippen LogP contribution in [0.4, 0.5) is 11.5 Å². The Morgan fingerprint density at radius 3 is 2.59 bits per heavy atom. The van der Waals surface area contributed by atoms with Crippen LogP contribution < -0.4 is 10.6 Å². The van der Waals surface area contributed by atoms with Crippen molar-refractivity contribution in [2.24, 2.45) is 5.92 Å². The van der Waals surface area contributed by atoms with Crippen molar-refractivity contribution in [3.8, 4) is 0 Å². The van der Waals surface area contributed by atoms with E-state index in [0.717, 1.165) is 51.3 Å². The van der Waals surface area contributed by atoms with Gasteiger partial charge in [-0.15, -0.1) is 0 Å². The molecule has 1 aliphatic heterocycles. The van der Waals surface area contributed by atoms with E-state index in [-0.39, 0.29) is 5.92 Å². The Morgan fingerprint density at radius 2 is 1.86 bits per heavy atom. The van der Waals surface area contributed by atoms with E-state index in [1.807, 2.05) is 12.1 Å². The quantitative estimate of drug-likeness (QED) is 0.910. The molecule has 2 fully saturated rings. The van der Waals surface area contributed by atoms with Crippen LogP contribution in [0.15, 0.2) is 18.3 Å². The van der Waals surface area contributed by atoms with Crippen molar-refractivity contribution in [1.29, 1.82) is 0 Å². The fraction of sp³-hybridized carbons (Fsp3) is 0.647. The number of nitrogen functional groups attached to an aromatic ring is 1. The van der Waals surface area contributed by atoms with Gasteiger partial charge in [0.1, 0.15) is 5.82 Å². The van der Waals surface area contributed by atoms with E-state index in [1.165, 1.54) is 19.3 Å². The molecule has 2 heterocycles. The summed E-state index contributed by atoms with van der Waals surface area (Å²) in [4.78, 5) is 21.4. The first-order valence-corrected chi connectivity index (χ1v) is 8.49. The van der Waals surface area contributed by atoms with Gasteiger partial charge in [-0.25, -0.2) is 4.98 Å². The summed E-state index contributed by atoms with van der Waals surface area (Å²) in [5, 5.41) is 0. The Kier molecular flexibility index (Phi) is 4.80. The number of rotatable bonds is 2. The smallest absolute Gasteiger partial charge is 0.225 e. The molecule has 3 rings (SSSR count). The third kappa shape index (κ3) is 3.51. The van der Waals surface area contributed by atoms with Gasteiger partial charge in [0.15, 0.2) is 0 Å². The van der Waals surface area contributed by atoms with Crippen molar-refractivity contribution in [2.45, 2.75) is 38.5 Å². The lowest BCUT2D eigenvalue weighted by molar-refractivity contribution is -0.136. The summed E-state index contributed by atoms with van der Waals surface area (Å²) >= 11 is 0. The molecule has 1 aliphatic carbocycles. The van der Waals surface area contributed by atoms with Crippen LogP contribution >= 0.6 is 0 Å². The predicted molar refractivity (Wildman–Crippen MR) is 88.6 cm³/mol. The Balaban J connectivity index is 1.59. The van der Waals surface area contributed by atoms with Crippen LogP contribution in [0.25, 0.3) is 0 Å². The van der Waals surface area contributed by atoms with Gasteiger partial charge in [0.2, 0.25) is 5.91 Å². The minimum absolute atomic E-state index is 0.273. The molecular formula is C17H26N4O. The number of nitrogens with zero attached hydrogens (tertiary/aromatic N) is 3. The molecule has 22 heavy (non-hydrogen) atoms. The van der Waals surface area contributed by atoms with Gasteiger partial charge in [-0.2, -0.15) is 0 Å². The fourth-order valence-electron chi connectivity index (χ4n) is 3.56. The van der Waals surface area contributed by atoms with Gasteiger partial charge in [0.05, 0.1) is 11.9 Å². The molecule has 0 spiro atoms. The van der Waals surface area contributed by atoms with Gasteiger partial charge in [-0.3, -0.25) is 4.79 Å². The van der Waals surface area contributed by atoms with Crippen LogP contribution in [0.5, 0.6) is 0 Å². The third-order valence-electron chi connectivity index (χ3n) is 4.86. The van der Waals surface area contributed by atoms with Gasteiger partial charge >= 0.3 is 0 Å². The van der Waals surface area contributed by atoms with Crippen LogP contribution in [0.1, 0.15) is 38.5 Å². The predicted octanol–water partition coefficient (Wildman–Crippen LogP) is 2.28. The van der Waals surface area contributed by atoms with Crippen molar-refractivity contribution in [1.82, 2.24) is 9.88 Å². The standard InChI is InChI=1S/C17H26N4O/c18-15-7-8-16(19-13-15)20-9-4-10-21(12-11-20)17(22)14-5-2-1-3-6-14/h7-8,13-14H,1-6,9-12,18H2. The molecule has 1 amide bonds. The van der Waals surface area contributed by atoms with Crippen molar-refractivity contribution in [3.05, 3.63) is 18.3 Å². The Morgan fingerprint density at radius 1 is 1.05 bits per heavy atom. The maximum Gasteiger partial charge on any atom is 0.225 e. The second-order valence-electron chi connectivity index (χ2n) is 6.45. The first-order valence-electron chi connectivity index (χ1n) is 8.49. The summed E-state index contributed by atoms with van der Waals surface area (Å²) in [6.07, 6.45) is 8.59. The van der Waals surface area contributed by atoms with Gasteiger partial charge in [0.25, 0.3) is 0 Å². The molecule has 5 nitrogen and oxygen atoms in total. The van der Waals surface area contributed by atoms with Crippen molar-refractivity contribution < 1.29 is 4.79 Å². The number of hydrogen-bond acceptors (Lipinski definition) is 4. The lowest BCUT2D eigenvalue weighted by Crippen LogP contribution is -2.39. The summed E-state index contributed by atoms with van der Waals surface area (Å²) in [6.45, 7) is 3.49. The number of hydrogen-bond donors (Lipinski definition) is 1. The third-order valence-corrected chi connectivity index (χ3v) is 4.86. The molecule has 1 aromatic heterocycles. The normalized spacial score (nSPS) is 20.7. The van der Waals surface area contributed by atoms with Crippen molar-refractivity contribution >= 4 is 17.4 Å². The molecule has 0 atom stereocenters. The lowest BCUT2D eigenvalue weighted by Gasteiger charge is -2.28. The topological polar surface area (TPSA) is 62.5 Å². The largest absolute Gasteiger partial charge is 0.397 e. The van der Waals surface area contributed by atoms with E-state index in [4.69, 9.17) is 5.73 Å². The number of amides is 1. The zero-order chi connectivity index (χ0) is 15.4. The number of aromatic nitrogens is 1. The molecule has 2 N–H and O–H groups in total. The number of carbonyl (C=O) groups excluding carboxylic acids is 1. The van der Waals surface area contributed by atoms with Crippen LogP contribution in [-0.2, 0) is 4.79 Å². The van der Waals surface area contributed by atoms with Crippen LogP contribution in [-0.4, -0.2) is 42.0 Å². The van der Waals surface area contributed by atoms with Crippen LogP contribution in [0.2, 0.25) is 0 Å². The van der Waals surface area contributed by atoms with E-state index in [1.54, 1.807) is 6.20 Å². The van der Waals surface area contributed by atoms with E-state index in [2.05, 4.69) is 14.8 Å². The van der Waals surface area contributed by atoms with E-state index >= 15 is 0 Å². The number of pyridine rings is 1. The molecule has 0 aromatic carbocycles. The second-order valence-corrected chi connectivity index (χ2v) is 6.45. The average molecular weight is 302 g/mol. The fourth-order valence-corrected chi connectivity index (χ4v) is 3.56. The molecule has 2 aliphatic rings. The molecule has 120 valence electrons. The zero-order valence-electron chi connectivity index (χ0n) is 13.2. The molecule has 1 saturated carbocycles. The van der Waals surface area contributed by atoms with Gasteiger partial charge in [0, 0.05) is 32.1 Å². The minimum atomic E-state index is 0.273. The summed E-state index contributed by atoms with van der Waals surface area (Å²) in [5.41, 5.74) is 6.39. The number of carbonyl (C=O) groups is 1. The van der Waals surface area contributed by atoms with Gasteiger partial charge in [-0.05, 0) is 31.4 Å². The highest BCUT2D eigenvalue weighted by Crippen LogP contribution is 2.26. The highest BCUT2D eigenvalue weighted by molar-refractivity contribution is 5.79. The van der Waals surface area contributed by atoms with E-state index in [9.17, 15) is 4.79 Å². The van der Waals surface area contributed by atoms with Crippen molar-refractivity contribution in [2.75, 3.05) is 36.8 Å². The summed E-state index contributed by atoms with van der Waals surface area (Å²) in [5.74, 6) is 1.61. The molecule has 5 heteroatoms. The van der Waals surface area contributed by atoms with Crippen LogP contribution in [0.3, 0.4) is 0 Å². The van der Waals surface area contributed by atoms with Gasteiger partial charge in [-0.1, -0.05) is 19.3 Å². The lowest BCUT2D eigenvalue weighted by atomic mass is 9.88. The molecule has 0 bridgehead atoms. The maximum absolute atomic E-state index is 12.7. The van der Waals surface area contributed by atoms with E-state index in [0.29, 0.717) is 11.6 Å². The summed E-state index contributed by atoms with van der Waals surface area (Å²) < 4.78 is 0. The number of nitrogens with two attached hydrogens (primary N) is 1. The highest BCUT2D eigenvalue weighted by atomic mass is 16.2. The molecule has 1 aromatic rings. The Bertz CT molecular complexity index is 496. The Hall–Kier alpha value is -1.78. The molecule has 0 radical (unpaired) electrons. The first kappa shape index (κ1) is 15.1. The average Bonchev–Trinajstić information content (AvgIpc) is 2.82. The zero-order valence-corrected chi connectivity index (χ0v) is 13.2. The second kappa shape index (κ2) is 6.99. The molecule has 1 saturated heterocycles. The maximum atomic E-state index is 12.7. The summed E-state index contributed by atoms with van der Waals surface area (Å²) in [6, 6.07) is 3.85.